The maximum absolute atomic E-state index is 15.0. The Balaban J connectivity index is 1.81. The van der Waals surface area contributed by atoms with E-state index < -0.39 is 64.5 Å². The van der Waals surface area contributed by atoms with Crippen molar-refractivity contribution < 1.29 is 59.3 Å². The van der Waals surface area contributed by atoms with Crippen molar-refractivity contribution in [3.8, 4) is 0 Å². The zero-order chi connectivity index (χ0) is 27.7. The van der Waals surface area contributed by atoms with Crippen molar-refractivity contribution >= 4 is 29.7 Å². The molecule has 3 rings (SSSR count). The number of ether oxygens (including phenoxy) is 3. The highest BCUT2D eigenvalue weighted by atomic mass is 32.2. The van der Waals surface area contributed by atoms with Gasteiger partial charge in [-0.25, -0.2) is 14.0 Å². The fraction of sp³-hybridized carbons (Fsp3) is 0.348. The normalized spacial score (nSPS) is 21.9. The van der Waals surface area contributed by atoms with Crippen LogP contribution in [-0.2, 0) is 31.4 Å². The van der Waals surface area contributed by atoms with Gasteiger partial charge in [0.25, 0.3) is 0 Å². The molecule has 0 bridgehead atoms. The number of esters is 3. The van der Waals surface area contributed by atoms with Crippen LogP contribution in [0.4, 0.5) is 30.7 Å². The standard InChI is InChI=1S/C23H17F7O6S/c1-10-9-14(23(28,29)30)7-8-15(10)19(33)36-21-17(16(24)20(37-21)34-11(2)31)35-18(32)12-3-5-13(6-4-12)22(25,26)27/h3-9,16-17,20-21H,1-2H3/t16-,17-,20+,21+/m0/s1. The molecule has 37 heavy (non-hydrogen) atoms. The van der Waals surface area contributed by atoms with Crippen LogP contribution in [0.2, 0.25) is 0 Å². The second-order valence-corrected chi connectivity index (χ2v) is 9.01. The maximum Gasteiger partial charge on any atom is 0.416 e. The second kappa shape index (κ2) is 10.6. The van der Waals surface area contributed by atoms with Gasteiger partial charge in [0.2, 0.25) is 0 Å². The fourth-order valence-corrected chi connectivity index (χ4v) is 4.55. The minimum Gasteiger partial charge on any atom is -0.451 e. The molecule has 0 aliphatic carbocycles. The molecule has 0 aromatic heterocycles. The molecule has 1 fully saturated rings. The van der Waals surface area contributed by atoms with Gasteiger partial charge in [0.1, 0.15) is 0 Å². The van der Waals surface area contributed by atoms with E-state index in [-0.39, 0.29) is 16.7 Å². The van der Waals surface area contributed by atoms with E-state index in [0.29, 0.717) is 36.0 Å². The Kier molecular flexibility index (Phi) is 8.10. The average molecular weight is 554 g/mol. The van der Waals surface area contributed by atoms with Gasteiger partial charge in [-0.3, -0.25) is 4.79 Å². The van der Waals surface area contributed by atoms with E-state index in [2.05, 4.69) is 0 Å². The van der Waals surface area contributed by atoms with Crippen molar-refractivity contribution in [1.29, 1.82) is 0 Å². The number of carbonyl (C=O) groups excluding carboxylic acids is 3. The Bertz CT molecular complexity index is 1180. The average Bonchev–Trinajstić information content (AvgIpc) is 3.05. The van der Waals surface area contributed by atoms with Gasteiger partial charge in [-0.05, 0) is 55.0 Å². The number of hydrogen-bond acceptors (Lipinski definition) is 7. The molecule has 0 amide bonds. The predicted octanol–water partition coefficient (Wildman–Crippen LogP) is 5.72. The topological polar surface area (TPSA) is 78.9 Å². The molecule has 0 unspecified atom stereocenters. The minimum atomic E-state index is -4.67. The number of hydrogen-bond donors (Lipinski definition) is 0. The van der Waals surface area contributed by atoms with Crippen molar-refractivity contribution in [1.82, 2.24) is 0 Å². The highest BCUT2D eigenvalue weighted by Crippen LogP contribution is 2.41. The quantitative estimate of drug-likeness (QED) is 0.266. The number of carbonyl (C=O) groups is 3. The van der Waals surface area contributed by atoms with Crippen LogP contribution >= 0.6 is 11.8 Å². The van der Waals surface area contributed by atoms with E-state index in [9.17, 15) is 40.7 Å². The van der Waals surface area contributed by atoms with Crippen LogP contribution in [0.3, 0.4) is 0 Å². The summed E-state index contributed by atoms with van der Waals surface area (Å²) in [5.74, 6) is -3.33. The lowest BCUT2D eigenvalue weighted by molar-refractivity contribution is -0.146. The summed E-state index contributed by atoms with van der Waals surface area (Å²) in [6.45, 7) is 2.19. The summed E-state index contributed by atoms with van der Waals surface area (Å²) in [4.78, 5) is 36.5. The van der Waals surface area contributed by atoms with Gasteiger partial charge in [-0.2, -0.15) is 26.3 Å². The molecular weight excluding hydrogens is 537 g/mol. The summed E-state index contributed by atoms with van der Waals surface area (Å²) in [6, 6.07) is 5.04. The molecule has 1 aliphatic rings. The van der Waals surface area contributed by atoms with Crippen LogP contribution in [0.15, 0.2) is 42.5 Å². The third-order valence-corrected chi connectivity index (χ3v) is 6.34. The first-order valence-corrected chi connectivity index (χ1v) is 11.3. The summed E-state index contributed by atoms with van der Waals surface area (Å²) in [6.07, 6.45) is -13.4. The largest absolute Gasteiger partial charge is 0.451 e. The Hall–Kier alpha value is -3.29. The smallest absolute Gasteiger partial charge is 0.416 e. The number of thioether (sulfide) groups is 1. The predicted molar refractivity (Wildman–Crippen MR) is 114 cm³/mol. The molecule has 0 N–H and O–H groups in total. The Morgan fingerprint density at radius 3 is 1.86 bits per heavy atom. The van der Waals surface area contributed by atoms with Crippen LogP contribution in [0.25, 0.3) is 0 Å². The van der Waals surface area contributed by atoms with E-state index in [1.54, 1.807) is 0 Å². The number of benzene rings is 2. The second-order valence-electron chi connectivity index (χ2n) is 7.80. The SMILES string of the molecule is CC(=O)O[C@@H]1S[C@@H](OC(=O)c2ccc(C(F)(F)F)cc2C)[C@@H](OC(=O)c2ccc(C(F)(F)F)cc2)[C@@H]1F. The lowest BCUT2D eigenvalue weighted by Crippen LogP contribution is -2.37. The molecule has 14 heteroatoms. The third kappa shape index (κ3) is 6.73. The Morgan fingerprint density at radius 2 is 1.35 bits per heavy atom. The van der Waals surface area contributed by atoms with Gasteiger partial charge in [0.05, 0.1) is 22.3 Å². The first-order valence-electron chi connectivity index (χ1n) is 10.3. The van der Waals surface area contributed by atoms with Gasteiger partial charge in [0, 0.05) is 6.92 Å². The van der Waals surface area contributed by atoms with Gasteiger partial charge in [0.15, 0.2) is 23.1 Å². The molecule has 2 aromatic carbocycles. The van der Waals surface area contributed by atoms with Crippen LogP contribution in [0.5, 0.6) is 0 Å². The number of halogens is 7. The Morgan fingerprint density at radius 1 is 0.784 bits per heavy atom. The highest BCUT2D eigenvalue weighted by molar-refractivity contribution is 8.00. The Labute approximate surface area is 209 Å². The van der Waals surface area contributed by atoms with Crippen molar-refractivity contribution in [3.05, 3.63) is 70.3 Å². The lowest BCUT2D eigenvalue weighted by atomic mass is 10.0. The van der Waals surface area contributed by atoms with Crippen molar-refractivity contribution in [2.24, 2.45) is 0 Å². The van der Waals surface area contributed by atoms with Gasteiger partial charge in [-0.15, -0.1) is 0 Å². The summed E-state index contributed by atoms with van der Waals surface area (Å²) in [5.41, 5.74) is -6.00. The molecule has 1 aliphatic heterocycles. The molecule has 4 atom stereocenters. The van der Waals surface area contributed by atoms with Gasteiger partial charge >= 0.3 is 30.3 Å². The number of aryl methyl sites for hydroxylation is 1. The molecular formula is C23H17F7O6S. The zero-order valence-electron chi connectivity index (χ0n) is 18.9. The van der Waals surface area contributed by atoms with Crippen LogP contribution in [-0.4, -0.2) is 41.1 Å². The van der Waals surface area contributed by atoms with Crippen molar-refractivity contribution in [2.45, 2.75) is 49.3 Å². The van der Waals surface area contributed by atoms with Crippen molar-refractivity contribution in [3.63, 3.8) is 0 Å². The summed E-state index contributed by atoms with van der Waals surface area (Å²) in [7, 11) is 0. The minimum absolute atomic E-state index is 0.102. The molecule has 1 heterocycles. The third-order valence-electron chi connectivity index (χ3n) is 5.08. The highest BCUT2D eigenvalue weighted by Gasteiger charge is 2.51. The first kappa shape index (κ1) is 28.3. The van der Waals surface area contributed by atoms with Crippen LogP contribution in [0.1, 0.15) is 44.3 Å². The number of rotatable bonds is 5. The maximum atomic E-state index is 15.0. The van der Waals surface area contributed by atoms with E-state index in [1.807, 2.05) is 0 Å². The molecule has 2 aromatic rings. The lowest BCUT2D eigenvalue weighted by Gasteiger charge is -2.21. The molecule has 0 radical (unpaired) electrons. The monoisotopic (exact) mass is 554 g/mol. The van der Waals surface area contributed by atoms with Crippen LogP contribution < -0.4 is 0 Å². The van der Waals surface area contributed by atoms with E-state index in [4.69, 9.17) is 14.2 Å². The van der Waals surface area contributed by atoms with E-state index >= 15 is 4.39 Å². The molecule has 6 nitrogen and oxygen atoms in total. The van der Waals surface area contributed by atoms with E-state index in [0.717, 1.165) is 25.1 Å². The first-order chi connectivity index (χ1) is 17.1. The molecule has 1 saturated heterocycles. The summed E-state index contributed by atoms with van der Waals surface area (Å²) in [5, 5.41) is 0. The van der Waals surface area contributed by atoms with Crippen molar-refractivity contribution in [2.75, 3.05) is 0 Å². The molecule has 200 valence electrons. The van der Waals surface area contributed by atoms with Gasteiger partial charge in [-0.1, -0.05) is 11.8 Å². The molecule has 0 spiro atoms. The summed E-state index contributed by atoms with van der Waals surface area (Å²) < 4.78 is 107. The van der Waals surface area contributed by atoms with Gasteiger partial charge < -0.3 is 14.2 Å². The van der Waals surface area contributed by atoms with E-state index in [1.165, 1.54) is 6.92 Å². The molecule has 0 saturated carbocycles. The number of alkyl halides is 7. The zero-order valence-corrected chi connectivity index (χ0v) is 19.7. The fourth-order valence-electron chi connectivity index (χ4n) is 3.29. The summed E-state index contributed by atoms with van der Waals surface area (Å²) >= 11 is 0.467. The van der Waals surface area contributed by atoms with Crippen LogP contribution in [0, 0.1) is 6.92 Å².